The molecule has 4 rings (SSSR count). The number of halogens is 1. The molecule has 3 aromatic carbocycles. The number of carbonyl (C=O) groups excluding carboxylic acids is 1. The summed E-state index contributed by atoms with van der Waals surface area (Å²) in [5, 5.41) is 12.1. The van der Waals surface area contributed by atoms with Crippen molar-refractivity contribution >= 4 is 29.2 Å². The molecule has 36 heavy (non-hydrogen) atoms. The molecule has 0 spiro atoms. The van der Waals surface area contributed by atoms with Gasteiger partial charge in [-0.3, -0.25) is 9.59 Å². The van der Waals surface area contributed by atoms with Gasteiger partial charge in [0, 0.05) is 11.6 Å². The first-order valence-corrected chi connectivity index (χ1v) is 11.6. The molecule has 1 amide bonds. The number of nitrogens with one attached hydrogen (secondary N) is 1. The largest absolute Gasteiger partial charge is 0.497 e. The van der Waals surface area contributed by atoms with E-state index >= 15 is 0 Å². The summed E-state index contributed by atoms with van der Waals surface area (Å²) in [6, 6.07) is 13.7. The van der Waals surface area contributed by atoms with Crippen LogP contribution in [-0.4, -0.2) is 43.4 Å². The van der Waals surface area contributed by atoms with Gasteiger partial charge in [-0.1, -0.05) is 17.7 Å². The summed E-state index contributed by atoms with van der Waals surface area (Å²) in [6.45, 7) is 4.24. The number of aryl methyl sites for hydroxylation is 2. The molecular formula is C27H26ClNO7. The van der Waals surface area contributed by atoms with Gasteiger partial charge in [-0.2, -0.15) is 0 Å². The highest BCUT2D eigenvalue weighted by Gasteiger charge is 2.23. The fourth-order valence-electron chi connectivity index (χ4n) is 4.00. The van der Waals surface area contributed by atoms with E-state index in [1.165, 1.54) is 0 Å². The van der Waals surface area contributed by atoms with Crippen LogP contribution >= 0.6 is 11.6 Å². The number of methoxy groups -OCH3 is 1. The van der Waals surface area contributed by atoms with Crippen LogP contribution in [0.5, 0.6) is 23.0 Å². The normalized spacial score (nSPS) is 14.2. The number of fused-ring (bicyclic) bond motifs is 1. The average molecular weight is 512 g/mol. The van der Waals surface area contributed by atoms with Crippen LogP contribution in [0.4, 0.5) is 5.69 Å². The van der Waals surface area contributed by atoms with Crippen molar-refractivity contribution in [1.82, 2.24) is 0 Å². The lowest BCUT2D eigenvalue weighted by Crippen LogP contribution is -2.34. The highest BCUT2D eigenvalue weighted by molar-refractivity contribution is 6.34. The lowest BCUT2D eigenvalue weighted by molar-refractivity contribution is -0.136. The van der Waals surface area contributed by atoms with Crippen molar-refractivity contribution < 1.29 is 33.6 Å². The number of rotatable bonds is 8. The van der Waals surface area contributed by atoms with Gasteiger partial charge in [0.05, 0.1) is 24.2 Å². The Kier molecular flexibility index (Phi) is 7.55. The van der Waals surface area contributed by atoms with Crippen LogP contribution in [0.1, 0.15) is 27.0 Å². The standard InChI is InChI=1S/C27H26ClNO7/c1-15-8-19(34-13-20-14-35-24-12-18(33-3)5-7-23(24)36-20)9-16(2)26(15)27(32)29-22-10-17(11-25(30)31)4-6-21(22)28/h4-10,12,20H,11,13-14H2,1-3H3,(H,29,32)(H,30,31)/t20-/m1/s1. The van der Waals surface area contributed by atoms with Crippen molar-refractivity contribution in [2.75, 3.05) is 25.6 Å². The molecule has 0 radical (unpaired) electrons. The SMILES string of the molecule is COc1ccc2c(c1)OC[C@@H](COc1cc(C)c(C(=O)Nc3cc(CC(=O)O)ccc3Cl)c(C)c1)O2. The van der Waals surface area contributed by atoms with Gasteiger partial charge in [-0.05, 0) is 66.9 Å². The van der Waals surface area contributed by atoms with E-state index in [2.05, 4.69) is 5.32 Å². The highest BCUT2D eigenvalue weighted by atomic mass is 35.5. The molecule has 8 nitrogen and oxygen atoms in total. The molecule has 1 heterocycles. The van der Waals surface area contributed by atoms with E-state index in [4.69, 9.17) is 35.7 Å². The minimum absolute atomic E-state index is 0.167. The van der Waals surface area contributed by atoms with Gasteiger partial charge in [-0.15, -0.1) is 0 Å². The second kappa shape index (κ2) is 10.8. The third-order valence-corrected chi connectivity index (χ3v) is 6.00. The number of aliphatic carboxylic acids is 1. The maximum absolute atomic E-state index is 13.0. The van der Waals surface area contributed by atoms with Crippen LogP contribution in [-0.2, 0) is 11.2 Å². The predicted octanol–water partition coefficient (Wildman–Crippen LogP) is 5.06. The summed E-state index contributed by atoms with van der Waals surface area (Å²) < 4.78 is 22.9. The zero-order chi connectivity index (χ0) is 25.8. The molecule has 0 aliphatic carbocycles. The first kappa shape index (κ1) is 25.2. The number of amides is 1. The van der Waals surface area contributed by atoms with Gasteiger partial charge in [0.2, 0.25) is 0 Å². The molecular weight excluding hydrogens is 486 g/mol. The Balaban J connectivity index is 1.42. The molecule has 3 aromatic rings. The van der Waals surface area contributed by atoms with E-state index in [0.29, 0.717) is 51.4 Å². The van der Waals surface area contributed by atoms with Gasteiger partial charge in [0.15, 0.2) is 17.6 Å². The summed E-state index contributed by atoms with van der Waals surface area (Å²) in [5.41, 5.74) is 2.82. The molecule has 9 heteroatoms. The molecule has 0 bridgehead atoms. The quantitative estimate of drug-likeness (QED) is 0.435. The minimum atomic E-state index is -0.966. The van der Waals surface area contributed by atoms with Crippen molar-refractivity contribution in [3.05, 3.63) is 75.8 Å². The maximum Gasteiger partial charge on any atom is 0.307 e. The molecule has 1 aliphatic heterocycles. The smallest absolute Gasteiger partial charge is 0.307 e. The van der Waals surface area contributed by atoms with Crippen molar-refractivity contribution in [3.63, 3.8) is 0 Å². The zero-order valence-corrected chi connectivity index (χ0v) is 20.8. The minimum Gasteiger partial charge on any atom is -0.497 e. The van der Waals surface area contributed by atoms with Gasteiger partial charge in [0.25, 0.3) is 5.91 Å². The van der Waals surface area contributed by atoms with Crippen LogP contribution in [0.2, 0.25) is 5.02 Å². The predicted molar refractivity (Wildman–Crippen MR) is 135 cm³/mol. The second-order valence-corrected chi connectivity index (χ2v) is 8.85. The Morgan fingerprint density at radius 2 is 1.81 bits per heavy atom. The van der Waals surface area contributed by atoms with E-state index in [1.807, 2.05) is 13.8 Å². The van der Waals surface area contributed by atoms with Crippen molar-refractivity contribution in [2.24, 2.45) is 0 Å². The Hall–Kier alpha value is -3.91. The maximum atomic E-state index is 13.0. The summed E-state index contributed by atoms with van der Waals surface area (Å²) >= 11 is 6.22. The lowest BCUT2D eigenvalue weighted by atomic mass is 10.0. The first-order chi connectivity index (χ1) is 17.2. The van der Waals surface area contributed by atoms with Crippen molar-refractivity contribution in [2.45, 2.75) is 26.4 Å². The average Bonchev–Trinajstić information content (AvgIpc) is 2.83. The van der Waals surface area contributed by atoms with Crippen LogP contribution in [0.3, 0.4) is 0 Å². The fourth-order valence-corrected chi connectivity index (χ4v) is 4.16. The molecule has 0 unspecified atom stereocenters. The van der Waals surface area contributed by atoms with Crippen molar-refractivity contribution in [3.8, 4) is 23.0 Å². The van der Waals surface area contributed by atoms with Gasteiger partial charge < -0.3 is 29.4 Å². The number of benzene rings is 3. The zero-order valence-electron chi connectivity index (χ0n) is 20.1. The number of carbonyl (C=O) groups is 2. The van der Waals surface area contributed by atoms with Crippen LogP contribution in [0.25, 0.3) is 0 Å². The molecule has 0 saturated carbocycles. The summed E-state index contributed by atoms with van der Waals surface area (Å²) in [5.74, 6) is 1.24. The summed E-state index contributed by atoms with van der Waals surface area (Å²) in [7, 11) is 1.59. The molecule has 188 valence electrons. The van der Waals surface area contributed by atoms with Gasteiger partial charge in [-0.25, -0.2) is 0 Å². The fraction of sp³-hybridized carbons (Fsp3) is 0.259. The third kappa shape index (κ3) is 5.83. The third-order valence-electron chi connectivity index (χ3n) is 5.67. The molecule has 1 atom stereocenters. The Morgan fingerprint density at radius 3 is 2.50 bits per heavy atom. The monoisotopic (exact) mass is 511 g/mol. The Bertz CT molecular complexity index is 1280. The number of ether oxygens (including phenoxy) is 4. The van der Waals surface area contributed by atoms with Crippen LogP contribution in [0, 0.1) is 13.8 Å². The Morgan fingerprint density at radius 1 is 1.06 bits per heavy atom. The van der Waals surface area contributed by atoms with E-state index in [-0.39, 0.29) is 25.0 Å². The van der Waals surface area contributed by atoms with E-state index < -0.39 is 5.97 Å². The summed E-state index contributed by atoms with van der Waals surface area (Å²) in [6.07, 6.45) is -0.464. The van der Waals surface area contributed by atoms with E-state index in [9.17, 15) is 9.59 Å². The number of hydrogen-bond donors (Lipinski definition) is 2. The molecule has 0 fully saturated rings. The molecule has 0 saturated heterocycles. The topological polar surface area (TPSA) is 103 Å². The Labute approximate surface area is 213 Å². The number of anilines is 1. The lowest BCUT2D eigenvalue weighted by Gasteiger charge is -2.27. The van der Waals surface area contributed by atoms with Crippen molar-refractivity contribution in [1.29, 1.82) is 0 Å². The second-order valence-electron chi connectivity index (χ2n) is 8.45. The molecule has 0 aromatic heterocycles. The van der Waals surface area contributed by atoms with Crippen LogP contribution < -0.4 is 24.3 Å². The summed E-state index contributed by atoms with van der Waals surface area (Å²) in [4.78, 5) is 24.1. The number of hydrogen-bond acceptors (Lipinski definition) is 6. The molecule has 1 aliphatic rings. The molecule has 2 N–H and O–H groups in total. The van der Waals surface area contributed by atoms with Gasteiger partial charge >= 0.3 is 5.97 Å². The van der Waals surface area contributed by atoms with E-state index in [1.54, 1.807) is 55.6 Å². The number of carboxylic acids is 1. The highest BCUT2D eigenvalue weighted by Crippen LogP contribution is 2.35. The van der Waals surface area contributed by atoms with E-state index in [0.717, 1.165) is 11.1 Å². The number of carboxylic acid groups (broad SMARTS) is 1. The van der Waals surface area contributed by atoms with Gasteiger partial charge in [0.1, 0.15) is 24.7 Å². The first-order valence-electron chi connectivity index (χ1n) is 11.3. The van der Waals surface area contributed by atoms with Crippen LogP contribution in [0.15, 0.2) is 48.5 Å².